The second-order valence-corrected chi connectivity index (χ2v) is 5.24. The number of aromatic nitrogens is 3. The van der Waals surface area contributed by atoms with E-state index in [2.05, 4.69) is 15.4 Å². The fourth-order valence-corrected chi connectivity index (χ4v) is 2.23. The second kappa shape index (κ2) is 6.46. The molecule has 22 heavy (non-hydrogen) atoms. The van der Waals surface area contributed by atoms with Crippen LogP contribution < -0.4 is 10.1 Å². The van der Waals surface area contributed by atoms with Crippen LogP contribution in [-0.2, 0) is 13.6 Å². The summed E-state index contributed by atoms with van der Waals surface area (Å²) in [6.45, 7) is 4.29. The number of pyridine rings is 1. The Hall–Kier alpha value is -2.57. The standard InChI is InChI=1S/C15H21N5O2/c1-10-6-16-13(11(2)14(10)22-5)9-19(3)15(21)18-12-7-17-20(4)8-12/h6-8H,9H2,1-5H3,(H,18,21). The Labute approximate surface area is 129 Å². The van der Waals surface area contributed by atoms with Gasteiger partial charge in [-0.15, -0.1) is 0 Å². The summed E-state index contributed by atoms with van der Waals surface area (Å²) < 4.78 is 7.02. The monoisotopic (exact) mass is 303 g/mol. The number of carbonyl (C=O) groups is 1. The molecule has 0 saturated heterocycles. The van der Waals surface area contributed by atoms with E-state index in [9.17, 15) is 4.79 Å². The Bertz CT molecular complexity index is 681. The van der Waals surface area contributed by atoms with Crippen LogP contribution in [0.2, 0.25) is 0 Å². The van der Waals surface area contributed by atoms with E-state index in [4.69, 9.17) is 4.74 Å². The fraction of sp³-hybridized carbons (Fsp3) is 0.400. The summed E-state index contributed by atoms with van der Waals surface area (Å²) in [6.07, 6.45) is 5.10. The van der Waals surface area contributed by atoms with E-state index in [-0.39, 0.29) is 6.03 Å². The molecular weight excluding hydrogens is 282 g/mol. The van der Waals surface area contributed by atoms with Gasteiger partial charge in [-0.1, -0.05) is 0 Å². The van der Waals surface area contributed by atoms with E-state index in [1.54, 1.807) is 49.4 Å². The molecule has 0 aliphatic carbocycles. The van der Waals surface area contributed by atoms with Gasteiger partial charge in [0.1, 0.15) is 5.75 Å². The third-order valence-corrected chi connectivity index (χ3v) is 3.44. The number of urea groups is 1. The van der Waals surface area contributed by atoms with Gasteiger partial charge in [0.2, 0.25) is 0 Å². The van der Waals surface area contributed by atoms with Crippen molar-refractivity contribution in [2.24, 2.45) is 7.05 Å². The molecule has 0 fully saturated rings. The molecule has 0 aliphatic heterocycles. The lowest BCUT2D eigenvalue weighted by molar-refractivity contribution is 0.220. The molecule has 7 nitrogen and oxygen atoms in total. The molecule has 0 spiro atoms. The van der Waals surface area contributed by atoms with Gasteiger partial charge in [-0.25, -0.2) is 4.79 Å². The van der Waals surface area contributed by atoms with Crippen molar-refractivity contribution in [1.29, 1.82) is 0 Å². The summed E-state index contributed by atoms with van der Waals surface area (Å²) in [7, 11) is 5.16. The number of anilines is 1. The summed E-state index contributed by atoms with van der Waals surface area (Å²) in [5.74, 6) is 0.811. The molecule has 0 unspecified atom stereocenters. The van der Waals surface area contributed by atoms with Gasteiger partial charge < -0.3 is 15.0 Å². The van der Waals surface area contributed by atoms with Gasteiger partial charge in [0.15, 0.2) is 0 Å². The fourth-order valence-electron chi connectivity index (χ4n) is 2.23. The average Bonchev–Trinajstić information content (AvgIpc) is 2.87. The van der Waals surface area contributed by atoms with Crippen molar-refractivity contribution in [2.75, 3.05) is 19.5 Å². The second-order valence-electron chi connectivity index (χ2n) is 5.24. The molecule has 2 rings (SSSR count). The van der Waals surface area contributed by atoms with E-state index in [0.717, 1.165) is 22.6 Å². The molecule has 0 atom stereocenters. The minimum absolute atomic E-state index is 0.214. The highest BCUT2D eigenvalue weighted by Gasteiger charge is 2.15. The predicted molar refractivity (Wildman–Crippen MR) is 84.0 cm³/mol. The van der Waals surface area contributed by atoms with Crippen molar-refractivity contribution in [2.45, 2.75) is 20.4 Å². The van der Waals surface area contributed by atoms with Gasteiger partial charge in [-0.3, -0.25) is 9.67 Å². The molecule has 2 aromatic heterocycles. The number of nitrogens with zero attached hydrogens (tertiary/aromatic N) is 4. The largest absolute Gasteiger partial charge is 0.496 e. The van der Waals surface area contributed by atoms with Crippen molar-refractivity contribution < 1.29 is 9.53 Å². The lowest BCUT2D eigenvalue weighted by atomic mass is 10.1. The predicted octanol–water partition coefficient (Wildman–Crippen LogP) is 2.10. The van der Waals surface area contributed by atoms with Crippen molar-refractivity contribution in [1.82, 2.24) is 19.7 Å². The van der Waals surface area contributed by atoms with Crippen LogP contribution in [0.4, 0.5) is 10.5 Å². The highest BCUT2D eigenvalue weighted by atomic mass is 16.5. The molecule has 2 aromatic rings. The van der Waals surface area contributed by atoms with E-state index in [1.807, 2.05) is 13.8 Å². The molecule has 0 bridgehead atoms. The van der Waals surface area contributed by atoms with Crippen LogP contribution in [0.25, 0.3) is 0 Å². The Morgan fingerprint density at radius 2 is 2.14 bits per heavy atom. The maximum Gasteiger partial charge on any atom is 0.322 e. The van der Waals surface area contributed by atoms with Gasteiger partial charge >= 0.3 is 6.03 Å². The number of carbonyl (C=O) groups excluding carboxylic acids is 1. The number of ether oxygens (including phenoxy) is 1. The van der Waals surface area contributed by atoms with Crippen LogP contribution >= 0.6 is 0 Å². The number of nitrogens with one attached hydrogen (secondary N) is 1. The van der Waals surface area contributed by atoms with Crippen molar-refractivity contribution in [3.63, 3.8) is 0 Å². The Kier molecular flexibility index (Phi) is 4.65. The summed E-state index contributed by atoms with van der Waals surface area (Å²) in [6, 6.07) is -0.214. The summed E-state index contributed by atoms with van der Waals surface area (Å²) in [4.78, 5) is 18.1. The molecular formula is C15H21N5O2. The van der Waals surface area contributed by atoms with Gasteiger partial charge in [-0.2, -0.15) is 5.10 Å². The maximum absolute atomic E-state index is 12.2. The molecule has 1 N–H and O–H groups in total. The zero-order valence-corrected chi connectivity index (χ0v) is 13.5. The topological polar surface area (TPSA) is 72.3 Å². The zero-order valence-electron chi connectivity index (χ0n) is 13.5. The first kappa shape index (κ1) is 15.8. The smallest absolute Gasteiger partial charge is 0.322 e. The number of hydrogen-bond acceptors (Lipinski definition) is 4. The Morgan fingerprint density at radius 1 is 1.41 bits per heavy atom. The van der Waals surface area contributed by atoms with E-state index in [0.29, 0.717) is 12.2 Å². The van der Waals surface area contributed by atoms with E-state index < -0.39 is 0 Å². The molecule has 0 radical (unpaired) electrons. The summed E-state index contributed by atoms with van der Waals surface area (Å²) in [5, 5.41) is 6.80. The first-order chi connectivity index (χ1) is 10.4. The number of methoxy groups -OCH3 is 1. The molecule has 118 valence electrons. The quantitative estimate of drug-likeness (QED) is 0.939. The Balaban J connectivity index is 2.08. The maximum atomic E-state index is 12.2. The third-order valence-electron chi connectivity index (χ3n) is 3.44. The van der Waals surface area contributed by atoms with Crippen LogP contribution in [0.5, 0.6) is 5.75 Å². The number of amides is 2. The average molecular weight is 303 g/mol. The van der Waals surface area contributed by atoms with Crippen LogP contribution in [0.1, 0.15) is 16.8 Å². The van der Waals surface area contributed by atoms with E-state index >= 15 is 0 Å². The van der Waals surface area contributed by atoms with Crippen LogP contribution in [0.15, 0.2) is 18.6 Å². The molecule has 7 heteroatoms. The van der Waals surface area contributed by atoms with Crippen LogP contribution in [0.3, 0.4) is 0 Å². The number of rotatable bonds is 4. The van der Waals surface area contributed by atoms with Gasteiger partial charge in [-0.05, 0) is 13.8 Å². The minimum Gasteiger partial charge on any atom is -0.496 e. The summed E-state index contributed by atoms with van der Waals surface area (Å²) in [5.41, 5.74) is 3.39. The lowest BCUT2D eigenvalue weighted by Gasteiger charge is -2.19. The zero-order chi connectivity index (χ0) is 16.3. The van der Waals surface area contributed by atoms with Crippen molar-refractivity contribution in [3.05, 3.63) is 35.4 Å². The number of hydrogen-bond donors (Lipinski definition) is 1. The third kappa shape index (κ3) is 3.36. The summed E-state index contributed by atoms with van der Waals surface area (Å²) >= 11 is 0. The van der Waals surface area contributed by atoms with E-state index in [1.165, 1.54) is 0 Å². The minimum atomic E-state index is -0.214. The molecule has 0 saturated carbocycles. The van der Waals surface area contributed by atoms with Crippen molar-refractivity contribution >= 4 is 11.7 Å². The molecule has 2 amide bonds. The van der Waals surface area contributed by atoms with Gasteiger partial charge in [0.05, 0.1) is 31.2 Å². The number of aryl methyl sites for hydroxylation is 2. The Morgan fingerprint density at radius 3 is 2.73 bits per heavy atom. The highest BCUT2D eigenvalue weighted by Crippen LogP contribution is 2.24. The molecule has 0 aromatic carbocycles. The van der Waals surface area contributed by atoms with Crippen LogP contribution in [-0.4, -0.2) is 39.9 Å². The van der Waals surface area contributed by atoms with Gasteiger partial charge in [0.25, 0.3) is 0 Å². The molecule has 2 heterocycles. The van der Waals surface area contributed by atoms with Crippen molar-refractivity contribution in [3.8, 4) is 5.75 Å². The van der Waals surface area contributed by atoms with Gasteiger partial charge in [0, 0.05) is 37.6 Å². The first-order valence-electron chi connectivity index (χ1n) is 6.92. The molecule has 0 aliphatic rings. The SMILES string of the molecule is COc1c(C)cnc(CN(C)C(=O)Nc2cnn(C)c2)c1C. The first-order valence-corrected chi connectivity index (χ1v) is 6.92. The normalized spacial score (nSPS) is 10.4. The van der Waals surface area contributed by atoms with Crippen LogP contribution in [0, 0.1) is 13.8 Å². The lowest BCUT2D eigenvalue weighted by Crippen LogP contribution is -2.31. The highest BCUT2D eigenvalue weighted by molar-refractivity contribution is 5.88.